The molecule has 4 nitrogen and oxygen atoms in total. The molecule has 0 aliphatic heterocycles. The number of aryl methyl sites for hydroxylation is 1. The molecule has 3 aromatic carbocycles. The lowest BCUT2D eigenvalue weighted by Crippen LogP contribution is -2.11. The Bertz CT molecular complexity index is 1070. The van der Waals surface area contributed by atoms with E-state index in [1.54, 1.807) is 13.0 Å². The molecule has 140 valence electrons. The van der Waals surface area contributed by atoms with E-state index in [0.29, 0.717) is 17.8 Å². The number of aromatic carboxylic acids is 1. The molecule has 4 heteroatoms. The van der Waals surface area contributed by atoms with E-state index in [2.05, 4.69) is 5.32 Å². The number of aliphatic hydroxyl groups excluding tert-OH is 1. The van der Waals surface area contributed by atoms with Gasteiger partial charge in [0.2, 0.25) is 0 Å². The normalized spacial score (nSPS) is 15.1. The second kappa shape index (κ2) is 7.33. The summed E-state index contributed by atoms with van der Waals surface area (Å²) in [5.41, 5.74) is 5.98. The number of nitrogens with one attached hydrogen (secondary N) is 1. The summed E-state index contributed by atoms with van der Waals surface area (Å²) in [6.07, 6.45) is 1.09. The fourth-order valence-electron chi connectivity index (χ4n) is 3.75. The fourth-order valence-corrected chi connectivity index (χ4v) is 3.75. The molecule has 1 atom stereocenters. The number of rotatable bonds is 5. The van der Waals surface area contributed by atoms with E-state index in [4.69, 9.17) is 0 Å². The summed E-state index contributed by atoms with van der Waals surface area (Å²) in [4.78, 5) is 12.0. The van der Waals surface area contributed by atoms with Crippen LogP contribution in [0, 0.1) is 6.92 Å². The van der Waals surface area contributed by atoms with Crippen LogP contribution in [-0.2, 0) is 6.54 Å². The summed E-state index contributed by atoms with van der Waals surface area (Å²) in [6.45, 7) is 2.31. The number of hydrogen-bond acceptors (Lipinski definition) is 3. The highest BCUT2D eigenvalue weighted by molar-refractivity contribution is 6.01. The Morgan fingerprint density at radius 3 is 2.43 bits per heavy atom. The monoisotopic (exact) mass is 371 g/mol. The van der Waals surface area contributed by atoms with Gasteiger partial charge in [0.1, 0.15) is 0 Å². The van der Waals surface area contributed by atoms with Gasteiger partial charge in [-0.2, -0.15) is 0 Å². The summed E-state index contributed by atoms with van der Waals surface area (Å²) in [5.74, 6) is -0.970. The maximum atomic E-state index is 12.0. The van der Waals surface area contributed by atoms with Crippen LogP contribution in [0.5, 0.6) is 0 Å². The van der Waals surface area contributed by atoms with Crippen molar-refractivity contribution < 1.29 is 15.0 Å². The van der Waals surface area contributed by atoms with E-state index in [1.165, 1.54) is 0 Å². The zero-order valence-corrected chi connectivity index (χ0v) is 15.5. The summed E-state index contributed by atoms with van der Waals surface area (Å²) in [7, 11) is 0. The minimum Gasteiger partial charge on any atom is -0.478 e. The maximum absolute atomic E-state index is 12.0. The topological polar surface area (TPSA) is 69.6 Å². The average molecular weight is 371 g/mol. The molecule has 0 saturated carbocycles. The third-order valence-electron chi connectivity index (χ3n) is 5.12. The molecule has 0 amide bonds. The van der Waals surface area contributed by atoms with Crippen LogP contribution in [0.3, 0.4) is 0 Å². The number of aliphatic hydroxyl groups is 1. The van der Waals surface area contributed by atoms with Crippen LogP contribution in [0.4, 0.5) is 5.69 Å². The lowest BCUT2D eigenvalue weighted by molar-refractivity contribution is 0.0697. The molecule has 3 N–H and O–H groups in total. The lowest BCUT2D eigenvalue weighted by Gasteiger charge is -2.18. The smallest absolute Gasteiger partial charge is 0.338 e. The SMILES string of the molecule is Cc1ccc(C2=CC(O)c3ccccc32)c(NCc2ccccc2)c1C(=O)O. The molecule has 0 fully saturated rings. The number of hydrogen-bond donors (Lipinski definition) is 3. The van der Waals surface area contributed by atoms with Gasteiger partial charge in [0, 0.05) is 12.1 Å². The molecule has 3 aromatic rings. The van der Waals surface area contributed by atoms with E-state index in [-0.39, 0.29) is 5.56 Å². The first-order chi connectivity index (χ1) is 13.6. The molecule has 0 radical (unpaired) electrons. The van der Waals surface area contributed by atoms with Gasteiger partial charge in [0.25, 0.3) is 0 Å². The van der Waals surface area contributed by atoms with Crippen molar-refractivity contribution in [1.82, 2.24) is 0 Å². The highest BCUT2D eigenvalue weighted by Gasteiger charge is 2.26. The van der Waals surface area contributed by atoms with Crippen LogP contribution in [0.1, 0.15) is 44.3 Å². The first-order valence-corrected chi connectivity index (χ1v) is 9.20. The van der Waals surface area contributed by atoms with E-state index < -0.39 is 12.1 Å². The van der Waals surface area contributed by atoms with Gasteiger partial charge < -0.3 is 15.5 Å². The molecule has 0 bridgehead atoms. The van der Waals surface area contributed by atoms with Gasteiger partial charge in [-0.3, -0.25) is 0 Å². The molecule has 1 aliphatic carbocycles. The molecule has 0 spiro atoms. The fraction of sp³-hybridized carbons (Fsp3) is 0.125. The average Bonchev–Trinajstić information content (AvgIpc) is 3.03. The van der Waals surface area contributed by atoms with Crippen molar-refractivity contribution in [3.63, 3.8) is 0 Å². The van der Waals surface area contributed by atoms with Gasteiger partial charge >= 0.3 is 5.97 Å². The van der Waals surface area contributed by atoms with Gasteiger partial charge in [-0.05, 0) is 40.8 Å². The Morgan fingerprint density at radius 2 is 1.68 bits per heavy atom. The number of fused-ring (bicyclic) bond motifs is 1. The van der Waals surface area contributed by atoms with Crippen LogP contribution in [-0.4, -0.2) is 16.2 Å². The third-order valence-corrected chi connectivity index (χ3v) is 5.12. The predicted octanol–water partition coefficient (Wildman–Crippen LogP) is 4.78. The predicted molar refractivity (Wildman–Crippen MR) is 110 cm³/mol. The Balaban J connectivity index is 1.83. The quantitative estimate of drug-likeness (QED) is 0.603. The zero-order chi connectivity index (χ0) is 19.7. The maximum Gasteiger partial charge on any atom is 0.338 e. The summed E-state index contributed by atoms with van der Waals surface area (Å²) >= 11 is 0. The Hall–Kier alpha value is -3.37. The minimum absolute atomic E-state index is 0.258. The Labute approximate surface area is 163 Å². The largest absolute Gasteiger partial charge is 0.478 e. The van der Waals surface area contributed by atoms with Crippen molar-refractivity contribution >= 4 is 17.2 Å². The highest BCUT2D eigenvalue weighted by atomic mass is 16.4. The van der Waals surface area contributed by atoms with Gasteiger partial charge in [-0.1, -0.05) is 66.7 Å². The summed E-state index contributed by atoms with van der Waals surface area (Å²) in [5, 5.41) is 23.6. The number of carboxylic acids is 1. The van der Waals surface area contributed by atoms with Crippen molar-refractivity contribution in [2.45, 2.75) is 19.6 Å². The van der Waals surface area contributed by atoms with Gasteiger partial charge in [-0.15, -0.1) is 0 Å². The summed E-state index contributed by atoms with van der Waals surface area (Å²) < 4.78 is 0. The van der Waals surface area contributed by atoms with Crippen molar-refractivity contribution in [2.24, 2.45) is 0 Å². The van der Waals surface area contributed by atoms with Crippen molar-refractivity contribution in [1.29, 1.82) is 0 Å². The summed E-state index contributed by atoms with van der Waals surface area (Å²) in [6, 6.07) is 21.3. The van der Waals surface area contributed by atoms with Gasteiger partial charge in [-0.25, -0.2) is 4.79 Å². The number of carbonyl (C=O) groups is 1. The van der Waals surface area contributed by atoms with E-state index in [0.717, 1.165) is 27.8 Å². The number of carboxylic acid groups (broad SMARTS) is 1. The minimum atomic E-state index is -0.970. The van der Waals surface area contributed by atoms with Crippen molar-refractivity contribution in [2.75, 3.05) is 5.32 Å². The Morgan fingerprint density at radius 1 is 0.964 bits per heavy atom. The second-order valence-electron chi connectivity index (χ2n) is 6.94. The highest BCUT2D eigenvalue weighted by Crippen LogP contribution is 2.42. The molecule has 28 heavy (non-hydrogen) atoms. The van der Waals surface area contributed by atoms with Gasteiger partial charge in [0.15, 0.2) is 0 Å². The van der Waals surface area contributed by atoms with Crippen LogP contribution < -0.4 is 5.32 Å². The molecule has 1 unspecified atom stereocenters. The molecule has 0 aromatic heterocycles. The molecular formula is C24H21NO3. The van der Waals surface area contributed by atoms with E-state index in [9.17, 15) is 15.0 Å². The van der Waals surface area contributed by atoms with Gasteiger partial charge in [0.05, 0.1) is 17.4 Å². The molecule has 4 rings (SSSR count). The molecule has 1 aliphatic rings. The first kappa shape index (κ1) is 18.0. The van der Waals surface area contributed by atoms with Crippen LogP contribution in [0.25, 0.3) is 5.57 Å². The van der Waals surface area contributed by atoms with Crippen molar-refractivity contribution in [3.8, 4) is 0 Å². The number of anilines is 1. The standard InChI is InChI=1S/C24H21NO3/c1-15-11-12-19(20-13-21(26)18-10-6-5-9-17(18)20)23(22(15)24(27)28)25-14-16-7-3-2-4-8-16/h2-13,21,25-26H,14H2,1H3,(H,27,28). The molecular weight excluding hydrogens is 350 g/mol. The first-order valence-electron chi connectivity index (χ1n) is 9.20. The third kappa shape index (κ3) is 3.19. The second-order valence-corrected chi connectivity index (χ2v) is 6.94. The Kier molecular flexibility index (Phi) is 4.72. The van der Waals surface area contributed by atoms with E-state index in [1.807, 2.05) is 66.7 Å². The van der Waals surface area contributed by atoms with E-state index >= 15 is 0 Å². The molecule has 0 saturated heterocycles. The molecule has 0 heterocycles. The van der Waals surface area contributed by atoms with Crippen LogP contribution >= 0.6 is 0 Å². The lowest BCUT2D eigenvalue weighted by atomic mass is 9.93. The number of benzene rings is 3. The van der Waals surface area contributed by atoms with Crippen LogP contribution in [0.15, 0.2) is 72.8 Å². The zero-order valence-electron chi connectivity index (χ0n) is 15.5. The van der Waals surface area contributed by atoms with Crippen molar-refractivity contribution in [3.05, 3.63) is 106 Å². The van der Waals surface area contributed by atoms with Crippen LogP contribution in [0.2, 0.25) is 0 Å².